The average molecular weight is 441 g/mol. The molecule has 0 bridgehead atoms. The predicted molar refractivity (Wildman–Crippen MR) is 125 cm³/mol. The van der Waals surface area contributed by atoms with E-state index in [0.29, 0.717) is 29.1 Å². The van der Waals surface area contributed by atoms with Gasteiger partial charge in [0.2, 0.25) is 5.95 Å². The van der Waals surface area contributed by atoms with Gasteiger partial charge in [0, 0.05) is 40.7 Å². The van der Waals surface area contributed by atoms with Crippen molar-refractivity contribution in [2.45, 2.75) is 19.1 Å². The molecule has 5 aromatic rings. The lowest BCUT2D eigenvalue weighted by Crippen LogP contribution is -2.25. The van der Waals surface area contributed by atoms with Crippen molar-refractivity contribution < 1.29 is 10.2 Å². The Morgan fingerprint density at radius 2 is 1.91 bits per heavy atom. The molecule has 33 heavy (non-hydrogen) atoms. The van der Waals surface area contributed by atoms with Crippen molar-refractivity contribution in [1.29, 1.82) is 0 Å². The van der Waals surface area contributed by atoms with Gasteiger partial charge in [-0.25, -0.2) is 15.0 Å². The van der Waals surface area contributed by atoms with E-state index in [2.05, 4.69) is 25.0 Å². The van der Waals surface area contributed by atoms with E-state index in [4.69, 9.17) is 10.8 Å². The number of nitrogens with one attached hydrogen (secondary N) is 1. The normalized spacial score (nSPS) is 13.3. The first kappa shape index (κ1) is 20.8. The van der Waals surface area contributed by atoms with Crippen LogP contribution in [0, 0.1) is 0 Å². The number of rotatable bonds is 6. The van der Waals surface area contributed by atoms with Crippen LogP contribution in [0.25, 0.3) is 33.4 Å². The van der Waals surface area contributed by atoms with Gasteiger partial charge in [-0.1, -0.05) is 30.3 Å². The Labute approximate surface area is 189 Å². The Hall–Kier alpha value is -4.08. The Bertz CT molecular complexity index is 1420. The van der Waals surface area contributed by atoms with Crippen molar-refractivity contribution in [3.05, 3.63) is 78.5 Å². The molecule has 0 radical (unpaired) electrons. The van der Waals surface area contributed by atoms with Crippen molar-refractivity contribution in [1.82, 2.24) is 29.7 Å². The van der Waals surface area contributed by atoms with Gasteiger partial charge in [-0.05, 0) is 24.6 Å². The van der Waals surface area contributed by atoms with Crippen LogP contribution in [0.15, 0.2) is 67.3 Å². The highest BCUT2D eigenvalue weighted by molar-refractivity contribution is 5.95. The summed E-state index contributed by atoms with van der Waals surface area (Å²) in [6.45, 7) is 2.13. The molecule has 0 aliphatic heterocycles. The second-order valence-electron chi connectivity index (χ2n) is 7.97. The third kappa shape index (κ3) is 3.84. The number of hydrogen-bond donors (Lipinski definition) is 4. The number of aromatic nitrogens is 6. The summed E-state index contributed by atoms with van der Waals surface area (Å²) in [5, 5.41) is 25.5. The monoisotopic (exact) mass is 441 g/mol. The first-order valence-corrected chi connectivity index (χ1v) is 10.5. The van der Waals surface area contributed by atoms with Gasteiger partial charge in [-0.3, -0.25) is 4.68 Å². The lowest BCUT2D eigenvalue weighted by Gasteiger charge is -2.24. The molecule has 166 valence electrons. The smallest absolute Gasteiger partial charge is 0.220 e. The molecule has 9 nitrogen and oxygen atoms in total. The zero-order valence-corrected chi connectivity index (χ0v) is 18.0. The third-order valence-corrected chi connectivity index (χ3v) is 5.68. The van der Waals surface area contributed by atoms with Crippen LogP contribution in [-0.4, -0.2) is 46.5 Å². The fraction of sp³-hybridized carbons (Fsp3) is 0.167. The van der Waals surface area contributed by atoms with Crippen LogP contribution in [0.2, 0.25) is 0 Å². The molecular weight excluding hydrogens is 418 g/mol. The number of H-pyrrole nitrogens is 1. The molecule has 5 rings (SSSR count). The Morgan fingerprint density at radius 1 is 1.09 bits per heavy atom. The predicted octanol–water partition coefficient (Wildman–Crippen LogP) is 2.71. The van der Waals surface area contributed by atoms with E-state index < -0.39 is 5.60 Å². The van der Waals surface area contributed by atoms with Crippen LogP contribution in [-0.2, 0) is 12.1 Å². The highest BCUT2D eigenvalue weighted by Gasteiger charge is 2.28. The van der Waals surface area contributed by atoms with Crippen molar-refractivity contribution in [3.63, 3.8) is 0 Å². The SMILES string of the molecule is CC(O)(c1ccccc1)c1cc(-c2c[nH]c3ncc(-c4cnn(CCO)c4)cc23)nc(N)n1. The first-order valence-electron chi connectivity index (χ1n) is 10.5. The molecule has 9 heteroatoms. The van der Waals surface area contributed by atoms with Crippen LogP contribution in [0.5, 0.6) is 0 Å². The minimum Gasteiger partial charge on any atom is -0.394 e. The number of pyridine rings is 1. The van der Waals surface area contributed by atoms with Gasteiger partial charge in [0.1, 0.15) is 11.2 Å². The van der Waals surface area contributed by atoms with Gasteiger partial charge in [0.25, 0.3) is 0 Å². The summed E-state index contributed by atoms with van der Waals surface area (Å²) in [5.41, 5.74) is 9.65. The summed E-state index contributed by atoms with van der Waals surface area (Å²) in [6.07, 6.45) is 7.19. The maximum Gasteiger partial charge on any atom is 0.220 e. The number of aliphatic hydroxyl groups is 2. The molecule has 0 saturated carbocycles. The summed E-state index contributed by atoms with van der Waals surface area (Å²) >= 11 is 0. The maximum absolute atomic E-state index is 11.3. The van der Waals surface area contributed by atoms with E-state index in [1.807, 2.05) is 48.8 Å². The number of nitrogens with two attached hydrogens (primary N) is 1. The summed E-state index contributed by atoms with van der Waals surface area (Å²) in [5.74, 6) is 0.0717. The number of hydrogen-bond acceptors (Lipinski definition) is 7. The number of aromatic amines is 1. The molecule has 1 unspecified atom stereocenters. The molecule has 4 heterocycles. The molecule has 0 saturated heterocycles. The van der Waals surface area contributed by atoms with E-state index in [0.717, 1.165) is 22.1 Å². The number of aliphatic hydroxyl groups excluding tert-OH is 1. The fourth-order valence-corrected chi connectivity index (χ4v) is 3.87. The molecular formula is C24H23N7O2. The molecule has 1 atom stereocenters. The molecule has 4 aromatic heterocycles. The Balaban J connectivity index is 1.59. The summed E-state index contributed by atoms with van der Waals surface area (Å²) in [4.78, 5) is 16.5. The van der Waals surface area contributed by atoms with E-state index >= 15 is 0 Å². The standard InChI is InChI=1S/C24H23N7O2/c1-24(33,17-5-3-2-4-6-17)21-10-20(29-23(25)30-21)19-13-27-22-18(19)9-15(11-26-22)16-12-28-31(14-16)7-8-32/h2-6,9-14,32-33H,7-8H2,1H3,(H,26,27)(H2,25,29,30). The minimum atomic E-state index is -1.34. The maximum atomic E-state index is 11.3. The zero-order chi connectivity index (χ0) is 23.0. The van der Waals surface area contributed by atoms with Crippen molar-refractivity contribution in [2.24, 2.45) is 0 Å². The summed E-state index contributed by atoms with van der Waals surface area (Å²) in [6, 6.07) is 13.1. The molecule has 0 aliphatic carbocycles. The highest BCUT2D eigenvalue weighted by atomic mass is 16.3. The second kappa shape index (κ2) is 8.12. The van der Waals surface area contributed by atoms with Gasteiger partial charge in [-0.15, -0.1) is 0 Å². The Morgan fingerprint density at radius 3 is 2.70 bits per heavy atom. The van der Waals surface area contributed by atoms with Gasteiger partial charge in [0.05, 0.1) is 30.7 Å². The van der Waals surface area contributed by atoms with E-state index in [1.165, 1.54) is 0 Å². The van der Waals surface area contributed by atoms with Crippen LogP contribution in [0.1, 0.15) is 18.2 Å². The number of fused-ring (bicyclic) bond motifs is 1. The van der Waals surface area contributed by atoms with Gasteiger partial charge >= 0.3 is 0 Å². The number of anilines is 1. The minimum absolute atomic E-state index is 0.0184. The molecule has 1 aromatic carbocycles. The molecule has 0 amide bonds. The highest BCUT2D eigenvalue weighted by Crippen LogP contribution is 2.34. The van der Waals surface area contributed by atoms with Gasteiger partial charge in [0.15, 0.2) is 0 Å². The number of benzene rings is 1. The summed E-state index contributed by atoms with van der Waals surface area (Å²) in [7, 11) is 0. The zero-order valence-electron chi connectivity index (χ0n) is 18.0. The van der Waals surface area contributed by atoms with Crippen molar-refractivity contribution in [3.8, 4) is 22.4 Å². The Kier molecular flexibility index (Phi) is 5.12. The quantitative estimate of drug-likeness (QED) is 0.318. The van der Waals surface area contributed by atoms with E-state index in [1.54, 1.807) is 30.1 Å². The van der Waals surface area contributed by atoms with Crippen LogP contribution >= 0.6 is 0 Å². The average Bonchev–Trinajstić information content (AvgIpc) is 3.46. The lowest BCUT2D eigenvalue weighted by molar-refractivity contribution is 0.0975. The van der Waals surface area contributed by atoms with Crippen LogP contribution < -0.4 is 5.73 Å². The molecule has 0 fully saturated rings. The second-order valence-corrected chi connectivity index (χ2v) is 7.97. The molecule has 0 spiro atoms. The van der Waals surface area contributed by atoms with Crippen LogP contribution in [0.4, 0.5) is 5.95 Å². The van der Waals surface area contributed by atoms with Gasteiger partial charge in [-0.2, -0.15) is 5.10 Å². The van der Waals surface area contributed by atoms with E-state index in [-0.39, 0.29) is 12.6 Å². The van der Waals surface area contributed by atoms with E-state index in [9.17, 15) is 5.11 Å². The fourth-order valence-electron chi connectivity index (χ4n) is 3.87. The summed E-state index contributed by atoms with van der Waals surface area (Å²) < 4.78 is 1.68. The largest absolute Gasteiger partial charge is 0.394 e. The van der Waals surface area contributed by atoms with Gasteiger partial charge < -0.3 is 20.9 Å². The number of nitrogen functional groups attached to an aromatic ring is 1. The lowest BCUT2D eigenvalue weighted by atomic mass is 9.91. The van der Waals surface area contributed by atoms with Crippen molar-refractivity contribution in [2.75, 3.05) is 12.3 Å². The topological polar surface area (TPSA) is 139 Å². The first-order chi connectivity index (χ1) is 16.0. The molecule has 5 N–H and O–H groups in total. The third-order valence-electron chi connectivity index (χ3n) is 5.68. The number of nitrogens with zero attached hydrogens (tertiary/aromatic N) is 5. The van der Waals surface area contributed by atoms with Crippen molar-refractivity contribution >= 4 is 17.0 Å². The van der Waals surface area contributed by atoms with Crippen LogP contribution in [0.3, 0.4) is 0 Å². The molecule has 0 aliphatic rings.